The van der Waals surface area contributed by atoms with Crippen molar-refractivity contribution in [2.75, 3.05) is 19.6 Å². The topological polar surface area (TPSA) is 42.8 Å². The van der Waals surface area contributed by atoms with Gasteiger partial charge in [0.15, 0.2) is 6.54 Å². The summed E-state index contributed by atoms with van der Waals surface area (Å²) >= 11 is 12.1. The molecule has 4 nitrogen and oxygen atoms in total. The summed E-state index contributed by atoms with van der Waals surface area (Å²) < 4.78 is 5.69. The molecule has 1 amide bonds. The molecule has 0 aliphatic carbocycles. The summed E-state index contributed by atoms with van der Waals surface area (Å²) in [4.78, 5) is 13.5. The monoisotopic (exact) mass is 345 g/mol. The van der Waals surface area contributed by atoms with Crippen molar-refractivity contribution in [3.05, 3.63) is 33.8 Å². The lowest BCUT2D eigenvalue weighted by atomic mass is 10.1. The van der Waals surface area contributed by atoms with Gasteiger partial charge in [-0.1, -0.05) is 29.3 Å². The van der Waals surface area contributed by atoms with Crippen LogP contribution in [0.4, 0.5) is 0 Å². The van der Waals surface area contributed by atoms with Crippen LogP contribution in [0, 0.1) is 0 Å². The van der Waals surface area contributed by atoms with Crippen LogP contribution in [-0.4, -0.2) is 37.7 Å². The molecule has 1 aliphatic heterocycles. The standard InChI is InChI=1S/C16H22Cl2N2O2/c1-10-7-20(8-11(2)22-10)9-16(21)19-12(3)14-5-4-13(17)6-15(14)18/h4-6,10-12H,7-9H2,1-3H3,(H,19,21)/p+1/t10-,11-,12+/m1/s1. The number of nitrogens with one attached hydrogen (secondary N) is 2. The Kier molecular flexibility index (Phi) is 6.09. The van der Waals surface area contributed by atoms with Crippen molar-refractivity contribution in [2.45, 2.75) is 39.0 Å². The highest BCUT2D eigenvalue weighted by Gasteiger charge is 2.27. The van der Waals surface area contributed by atoms with E-state index < -0.39 is 0 Å². The van der Waals surface area contributed by atoms with Crippen molar-refractivity contribution in [3.8, 4) is 0 Å². The Morgan fingerprint density at radius 3 is 2.59 bits per heavy atom. The van der Waals surface area contributed by atoms with Crippen LogP contribution in [0.2, 0.25) is 10.0 Å². The second-order valence-corrected chi connectivity index (χ2v) is 6.89. The third-order valence-electron chi connectivity index (χ3n) is 3.83. The third-order valence-corrected chi connectivity index (χ3v) is 4.40. The van der Waals surface area contributed by atoms with Crippen LogP contribution >= 0.6 is 23.2 Å². The lowest BCUT2D eigenvalue weighted by molar-refractivity contribution is -0.907. The molecular formula is C16H23Cl2N2O2+. The van der Waals surface area contributed by atoms with E-state index in [-0.39, 0.29) is 24.2 Å². The SMILES string of the molecule is C[C@@H]1C[NH+](CC(=O)N[C@@H](C)c2ccc(Cl)cc2Cl)C[C@@H](C)O1. The number of carbonyl (C=O) groups is 1. The molecule has 1 aromatic carbocycles. The van der Waals surface area contributed by atoms with Gasteiger partial charge in [-0.2, -0.15) is 0 Å². The van der Waals surface area contributed by atoms with Crippen LogP contribution in [0.3, 0.4) is 0 Å². The maximum absolute atomic E-state index is 12.2. The lowest BCUT2D eigenvalue weighted by Crippen LogP contribution is -3.16. The second kappa shape index (κ2) is 7.64. The zero-order valence-corrected chi connectivity index (χ0v) is 14.7. The van der Waals surface area contributed by atoms with Crippen molar-refractivity contribution in [1.29, 1.82) is 0 Å². The van der Waals surface area contributed by atoms with Gasteiger partial charge in [0.05, 0.1) is 6.04 Å². The Balaban J connectivity index is 1.91. The predicted molar refractivity (Wildman–Crippen MR) is 88.6 cm³/mol. The summed E-state index contributed by atoms with van der Waals surface area (Å²) in [7, 11) is 0. The highest BCUT2D eigenvalue weighted by molar-refractivity contribution is 6.35. The minimum Gasteiger partial charge on any atom is -0.364 e. The molecule has 1 fully saturated rings. The van der Waals surface area contributed by atoms with Crippen molar-refractivity contribution < 1.29 is 14.4 Å². The van der Waals surface area contributed by atoms with Crippen LogP contribution in [0.15, 0.2) is 18.2 Å². The lowest BCUT2D eigenvalue weighted by Gasteiger charge is -2.32. The van der Waals surface area contributed by atoms with Crippen molar-refractivity contribution in [2.24, 2.45) is 0 Å². The van der Waals surface area contributed by atoms with Gasteiger partial charge in [0.25, 0.3) is 5.91 Å². The molecule has 1 saturated heterocycles. The molecule has 0 spiro atoms. The Morgan fingerprint density at radius 2 is 2.00 bits per heavy atom. The summed E-state index contributed by atoms with van der Waals surface area (Å²) in [6.45, 7) is 8.18. The number of hydrogen-bond acceptors (Lipinski definition) is 2. The van der Waals surface area contributed by atoms with Gasteiger partial charge >= 0.3 is 0 Å². The van der Waals surface area contributed by atoms with Gasteiger partial charge < -0.3 is 15.0 Å². The van der Waals surface area contributed by atoms with E-state index in [2.05, 4.69) is 5.32 Å². The van der Waals surface area contributed by atoms with E-state index in [1.54, 1.807) is 12.1 Å². The summed E-state index contributed by atoms with van der Waals surface area (Å²) in [6.07, 6.45) is 0.379. The van der Waals surface area contributed by atoms with Crippen molar-refractivity contribution >= 4 is 29.1 Å². The number of ether oxygens (including phenoxy) is 1. The highest BCUT2D eigenvalue weighted by Crippen LogP contribution is 2.25. The average molecular weight is 346 g/mol. The van der Waals surface area contributed by atoms with Crippen LogP contribution in [0.5, 0.6) is 0 Å². The number of rotatable bonds is 4. The second-order valence-electron chi connectivity index (χ2n) is 6.05. The van der Waals surface area contributed by atoms with Crippen LogP contribution in [0.25, 0.3) is 0 Å². The van der Waals surface area contributed by atoms with E-state index >= 15 is 0 Å². The first-order valence-electron chi connectivity index (χ1n) is 7.58. The van der Waals surface area contributed by atoms with E-state index in [0.29, 0.717) is 16.6 Å². The Hall–Kier alpha value is -0.810. The first kappa shape index (κ1) is 17.5. The number of morpholine rings is 1. The molecule has 0 saturated carbocycles. The molecule has 1 aromatic rings. The van der Waals surface area contributed by atoms with Gasteiger partial charge in [-0.05, 0) is 38.5 Å². The third kappa shape index (κ3) is 4.85. The summed E-state index contributed by atoms with van der Waals surface area (Å²) in [6, 6.07) is 5.17. The van der Waals surface area contributed by atoms with E-state index in [1.807, 2.05) is 26.8 Å². The minimum atomic E-state index is -0.146. The van der Waals surface area contributed by atoms with Crippen LogP contribution in [0.1, 0.15) is 32.4 Å². The summed E-state index contributed by atoms with van der Waals surface area (Å²) in [5.41, 5.74) is 0.873. The van der Waals surface area contributed by atoms with Crippen molar-refractivity contribution in [1.82, 2.24) is 5.32 Å². The molecule has 22 heavy (non-hydrogen) atoms. The van der Waals surface area contributed by atoms with Gasteiger partial charge in [0, 0.05) is 10.0 Å². The van der Waals surface area contributed by atoms with Crippen molar-refractivity contribution in [3.63, 3.8) is 0 Å². The zero-order valence-electron chi connectivity index (χ0n) is 13.2. The largest absolute Gasteiger partial charge is 0.364 e. The number of amides is 1. The number of quaternary nitrogens is 1. The quantitative estimate of drug-likeness (QED) is 0.874. The maximum atomic E-state index is 12.2. The molecule has 0 radical (unpaired) electrons. The minimum absolute atomic E-state index is 0.0230. The molecule has 1 aliphatic rings. The van der Waals surface area contributed by atoms with E-state index in [0.717, 1.165) is 18.7 Å². The molecular weight excluding hydrogens is 323 g/mol. The summed E-state index contributed by atoms with van der Waals surface area (Å²) in [5, 5.41) is 4.17. The Bertz CT molecular complexity index is 529. The molecule has 1 heterocycles. The summed E-state index contributed by atoms with van der Waals surface area (Å²) in [5.74, 6) is 0.0230. The van der Waals surface area contributed by atoms with E-state index in [9.17, 15) is 4.79 Å². The first-order chi connectivity index (χ1) is 10.3. The number of halogens is 2. The fraction of sp³-hybridized carbons (Fsp3) is 0.562. The zero-order chi connectivity index (χ0) is 16.3. The first-order valence-corrected chi connectivity index (χ1v) is 8.34. The molecule has 0 bridgehead atoms. The molecule has 2 N–H and O–H groups in total. The molecule has 3 atom stereocenters. The van der Waals surface area contributed by atoms with E-state index in [1.165, 1.54) is 4.90 Å². The molecule has 122 valence electrons. The molecule has 0 aromatic heterocycles. The van der Waals surface area contributed by atoms with Gasteiger partial charge in [-0.3, -0.25) is 4.79 Å². The number of carbonyl (C=O) groups excluding carboxylic acids is 1. The Morgan fingerprint density at radius 1 is 1.36 bits per heavy atom. The Labute approximate surface area is 141 Å². The molecule has 6 heteroatoms. The smallest absolute Gasteiger partial charge is 0.275 e. The number of hydrogen-bond donors (Lipinski definition) is 2. The van der Waals surface area contributed by atoms with Gasteiger partial charge in [0.2, 0.25) is 0 Å². The van der Waals surface area contributed by atoms with Crippen LogP contribution < -0.4 is 10.2 Å². The molecule has 2 rings (SSSR count). The van der Waals surface area contributed by atoms with Gasteiger partial charge in [-0.15, -0.1) is 0 Å². The fourth-order valence-corrected chi connectivity index (χ4v) is 3.56. The van der Waals surface area contributed by atoms with Gasteiger partial charge in [0.1, 0.15) is 25.3 Å². The predicted octanol–water partition coefficient (Wildman–Crippen LogP) is 1.86. The molecule has 0 unspecified atom stereocenters. The highest BCUT2D eigenvalue weighted by atomic mass is 35.5. The normalized spacial score (nSPS) is 26.5. The van der Waals surface area contributed by atoms with E-state index in [4.69, 9.17) is 27.9 Å². The van der Waals surface area contributed by atoms with Crippen LogP contribution in [-0.2, 0) is 9.53 Å². The average Bonchev–Trinajstić information content (AvgIpc) is 2.36. The van der Waals surface area contributed by atoms with Gasteiger partial charge in [-0.25, -0.2) is 0 Å². The fourth-order valence-electron chi connectivity index (χ4n) is 2.98. The number of benzene rings is 1. The maximum Gasteiger partial charge on any atom is 0.275 e.